The molecule has 2 aromatic rings. The Hall–Kier alpha value is -2.54. The minimum Gasteiger partial charge on any atom is -0.348 e. The quantitative estimate of drug-likeness (QED) is 0.356. The summed E-state index contributed by atoms with van der Waals surface area (Å²) in [5, 5.41) is 2.68. The Morgan fingerprint density at radius 3 is 2.26 bits per heavy atom. The Morgan fingerprint density at radius 2 is 1.71 bits per heavy atom. The van der Waals surface area contributed by atoms with E-state index in [-0.39, 0.29) is 36.1 Å². The van der Waals surface area contributed by atoms with Crippen LogP contribution < -0.4 is 10.2 Å². The minimum absolute atomic E-state index is 0.00607. The molecule has 2 rings (SSSR count). The van der Waals surface area contributed by atoms with Gasteiger partial charge in [-0.25, -0.2) is 0 Å². The monoisotopic (exact) mass is 496 g/mol. The van der Waals surface area contributed by atoms with E-state index in [1.165, 1.54) is 16.5 Å². The highest BCUT2D eigenvalue weighted by atomic mass is 35.5. The van der Waals surface area contributed by atoms with Gasteiger partial charge in [-0.3, -0.25) is 9.59 Å². The zero-order valence-corrected chi connectivity index (χ0v) is 20.6. The molecule has 2 amide bonds. The van der Waals surface area contributed by atoms with Crippen LogP contribution in [0.3, 0.4) is 0 Å². The number of nitrogens with one attached hydrogen (secondary N) is 1. The van der Waals surface area contributed by atoms with Gasteiger partial charge in [-0.1, -0.05) is 51.5 Å². The summed E-state index contributed by atoms with van der Waals surface area (Å²) in [6, 6.07) is 10.8. The Morgan fingerprint density at radius 1 is 1.06 bits per heavy atom. The summed E-state index contributed by atoms with van der Waals surface area (Å²) in [7, 11) is 0. The highest BCUT2D eigenvalue weighted by Crippen LogP contribution is 2.33. The number of hydrogen-bond donors (Lipinski definition) is 1. The van der Waals surface area contributed by atoms with Crippen molar-refractivity contribution in [2.24, 2.45) is 5.92 Å². The molecule has 0 fully saturated rings. The molecule has 0 aliphatic carbocycles. The minimum atomic E-state index is -4.67. The van der Waals surface area contributed by atoms with Gasteiger partial charge in [0.1, 0.15) is 5.88 Å². The lowest BCUT2D eigenvalue weighted by Gasteiger charge is -2.24. The molecule has 0 heterocycles. The van der Waals surface area contributed by atoms with Crippen molar-refractivity contribution in [3.63, 3.8) is 0 Å². The molecule has 0 aromatic heterocycles. The van der Waals surface area contributed by atoms with Gasteiger partial charge >= 0.3 is 6.18 Å². The number of amides is 2. The van der Waals surface area contributed by atoms with Crippen LogP contribution in [0, 0.1) is 5.92 Å². The lowest BCUT2D eigenvalue weighted by Crippen LogP contribution is -2.34. The fourth-order valence-electron chi connectivity index (χ4n) is 3.41. The van der Waals surface area contributed by atoms with E-state index < -0.39 is 23.6 Å². The average Bonchev–Trinajstić information content (AvgIpc) is 2.80. The second kappa shape index (κ2) is 12.8. The Bertz CT molecular complexity index is 960. The summed E-state index contributed by atoms with van der Waals surface area (Å²) < 4.78 is 40.8. The fraction of sp³-hybridized carbons (Fsp3) is 0.462. The number of benzene rings is 2. The van der Waals surface area contributed by atoms with Crippen molar-refractivity contribution in [1.29, 1.82) is 0 Å². The maximum absolute atomic E-state index is 13.6. The van der Waals surface area contributed by atoms with Crippen LogP contribution in [-0.4, -0.2) is 24.2 Å². The summed E-state index contributed by atoms with van der Waals surface area (Å²) in [4.78, 5) is 26.4. The molecule has 0 aliphatic rings. The molecular formula is C26H32ClF3N2O2. The van der Waals surface area contributed by atoms with Crippen LogP contribution in [0.25, 0.3) is 0 Å². The van der Waals surface area contributed by atoms with Gasteiger partial charge in [0.15, 0.2) is 0 Å². The molecule has 2 aromatic carbocycles. The number of hydrogen-bond acceptors (Lipinski definition) is 2. The predicted octanol–water partition coefficient (Wildman–Crippen LogP) is 6.60. The molecule has 1 N–H and O–H groups in total. The average molecular weight is 497 g/mol. The van der Waals surface area contributed by atoms with Crippen LogP contribution in [0.5, 0.6) is 0 Å². The first-order chi connectivity index (χ1) is 16.0. The smallest absolute Gasteiger partial charge is 0.348 e. The first-order valence-electron chi connectivity index (χ1n) is 11.5. The highest BCUT2D eigenvalue weighted by molar-refractivity contribution is 6.29. The molecule has 0 bridgehead atoms. The zero-order chi connectivity index (χ0) is 25.3. The summed E-state index contributed by atoms with van der Waals surface area (Å²) in [5.74, 6) is -1.31. The second-order valence-corrected chi connectivity index (χ2v) is 9.00. The SMILES string of the molecule is CCCCc1ccc(CNC(=O)c2cc(N(CCC(C)C)C(=O)CCl)cc(C(F)(F)F)c2)cc1. The Balaban J connectivity index is 2.27. The molecular weight excluding hydrogens is 465 g/mol. The van der Waals surface area contributed by atoms with E-state index >= 15 is 0 Å². The molecule has 0 spiro atoms. The van der Waals surface area contributed by atoms with Crippen molar-refractivity contribution in [2.75, 3.05) is 17.3 Å². The normalized spacial score (nSPS) is 11.5. The molecule has 0 unspecified atom stereocenters. The number of carbonyl (C=O) groups excluding carboxylic acids is 2. The number of nitrogens with zero attached hydrogens (tertiary/aromatic N) is 1. The maximum atomic E-state index is 13.6. The Kier molecular flexibility index (Phi) is 10.4. The van der Waals surface area contributed by atoms with Crippen LogP contribution in [0.1, 0.15) is 67.1 Å². The van der Waals surface area contributed by atoms with Gasteiger partial charge in [0.2, 0.25) is 5.91 Å². The van der Waals surface area contributed by atoms with Gasteiger partial charge in [0.05, 0.1) is 5.56 Å². The number of carbonyl (C=O) groups is 2. The molecule has 0 aliphatic heterocycles. The van der Waals surface area contributed by atoms with Crippen molar-refractivity contribution >= 4 is 29.1 Å². The van der Waals surface area contributed by atoms with Crippen molar-refractivity contribution in [1.82, 2.24) is 5.32 Å². The van der Waals surface area contributed by atoms with Gasteiger partial charge in [0, 0.05) is 24.3 Å². The molecule has 0 radical (unpaired) electrons. The first-order valence-corrected chi connectivity index (χ1v) is 12.0. The van der Waals surface area contributed by atoms with E-state index in [4.69, 9.17) is 11.6 Å². The number of unbranched alkanes of at least 4 members (excludes halogenated alkanes) is 1. The van der Waals surface area contributed by atoms with E-state index in [0.717, 1.165) is 37.0 Å². The van der Waals surface area contributed by atoms with Crippen molar-refractivity contribution < 1.29 is 22.8 Å². The summed E-state index contributed by atoms with van der Waals surface area (Å²) in [6.45, 7) is 6.40. The Labute approximate surface area is 204 Å². The zero-order valence-electron chi connectivity index (χ0n) is 19.8. The summed E-state index contributed by atoms with van der Waals surface area (Å²) in [5.41, 5.74) is 0.891. The first kappa shape index (κ1) is 27.7. The number of alkyl halides is 4. The second-order valence-electron chi connectivity index (χ2n) is 8.73. The van der Waals surface area contributed by atoms with Gasteiger partial charge in [-0.05, 0) is 54.5 Å². The molecule has 0 saturated heterocycles. The van der Waals surface area contributed by atoms with E-state index in [2.05, 4.69) is 12.2 Å². The molecule has 186 valence electrons. The maximum Gasteiger partial charge on any atom is 0.416 e. The number of anilines is 1. The molecule has 4 nitrogen and oxygen atoms in total. The fourth-order valence-corrected chi connectivity index (χ4v) is 3.55. The summed E-state index contributed by atoms with van der Waals surface area (Å²) in [6.07, 6.45) is -0.928. The van der Waals surface area contributed by atoms with Crippen molar-refractivity contribution in [2.45, 2.75) is 59.2 Å². The largest absolute Gasteiger partial charge is 0.416 e. The van der Waals surface area contributed by atoms with Crippen LogP contribution in [0.2, 0.25) is 0 Å². The third-order valence-corrected chi connectivity index (χ3v) is 5.69. The van der Waals surface area contributed by atoms with Gasteiger partial charge < -0.3 is 10.2 Å². The standard InChI is InChI=1S/C26H32ClF3N2O2/c1-4-5-6-19-7-9-20(10-8-19)17-31-25(34)21-13-22(26(28,29)30)15-23(14-21)32(24(33)16-27)12-11-18(2)3/h7-10,13-15,18H,4-6,11-12,16-17H2,1-3H3,(H,31,34). The van der Waals surface area contributed by atoms with Crippen molar-refractivity contribution in [3.05, 3.63) is 64.7 Å². The summed E-state index contributed by atoms with van der Waals surface area (Å²) >= 11 is 5.71. The van der Waals surface area contributed by atoms with Gasteiger partial charge in [-0.15, -0.1) is 11.6 Å². The van der Waals surface area contributed by atoms with Crippen LogP contribution >= 0.6 is 11.6 Å². The van der Waals surface area contributed by atoms with Gasteiger partial charge in [0.25, 0.3) is 5.91 Å². The number of halogens is 4. The van der Waals surface area contributed by atoms with Crippen LogP contribution in [0.4, 0.5) is 18.9 Å². The van der Waals surface area contributed by atoms with E-state index in [1.807, 2.05) is 38.1 Å². The van der Waals surface area contributed by atoms with E-state index in [1.54, 1.807) is 0 Å². The molecule has 0 saturated carbocycles. The molecule has 0 atom stereocenters. The van der Waals surface area contributed by atoms with Crippen LogP contribution in [-0.2, 0) is 23.9 Å². The van der Waals surface area contributed by atoms with Gasteiger partial charge in [-0.2, -0.15) is 13.2 Å². The highest BCUT2D eigenvalue weighted by Gasteiger charge is 2.33. The van der Waals surface area contributed by atoms with E-state index in [0.29, 0.717) is 6.42 Å². The van der Waals surface area contributed by atoms with E-state index in [9.17, 15) is 22.8 Å². The third kappa shape index (κ3) is 8.35. The van der Waals surface area contributed by atoms with Crippen molar-refractivity contribution in [3.8, 4) is 0 Å². The molecule has 8 heteroatoms. The third-order valence-electron chi connectivity index (χ3n) is 5.46. The lowest BCUT2D eigenvalue weighted by atomic mass is 10.0. The predicted molar refractivity (Wildman–Crippen MR) is 130 cm³/mol. The van der Waals surface area contributed by atoms with Crippen LogP contribution in [0.15, 0.2) is 42.5 Å². The lowest BCUT2D eigenvalue weighted by molar-refractivity contribution is -0.137. The number of rotatable bonds is 11. The topological polar surface area (TPSA) is 49.4 Å². The molecule has 34 heavy (non-hydrogen) atoms. The number of aryl methyl sites for hydroxylation is 1.